The predicted molar refractivity (Wildman–Crippen MR) is 116 cm³/mol. The van der Waals surface area contributed by atoms with E-state index in [-0.39, 0.29) is 24.0 Å². The largest absolute Gasteiger partial charge is 0.384 e. The van der Waals surface area contributed by atoms with E-state index in [2.05, 4.69) is 25.9 Å². The highest BCUT2D eigenvalue weighted by molar-refractivity contribution is 6.25. The summed E-state index contributed by atoms with van der Waals surface area (Å²) in [7, 11) is 0. The average Bonchev–Trinajstić information content (AvgIpc) is 3.02. The van der Waals surface area contributed by atoms with Gasteiger partial charge in [-0.3, -0.25) is 29.4 Å². The zero-order valence-corrected chi connectivity index (χ0v) is 17.7. The van der Waals surface area contributed by atoms with Crippen LogP contribution in [0.3, 0.4) is 0 Å². The number of piperidine rings is 1. The summed E-state index contributed by atoms with van der Waals surface area (Å²) in [5.41, 5.74) is 2.00. The van der Waals surface area contributed by atoms with Crippen LogP contribution in [0.15, 0.2) is 30.6 Å². The van der Waals surface area contributed by atoms with E-state index >= 15 is 0 Å². The zero-order valence-electron chi connectivity index (χ0n) is 17.7. The topological polar surface area (TPSA) is 133 Å². The number of anilines is 2. The van der Waals surface area contributed by atoms with Crippen LogP contribution in [-0.4, -0.2) is 57.6 Å². The molecule has 1 aromatic carbocycles. The zero-order chi connectivity index (χ0) is 22.7. The highest BCUT2D eigenvalue weighted by atomic mass is 16.2. The van der Waals surface area contributed by atoms with Gasteiger partial charge in [-0.2, -0.15) is 0 Å². The molecule has 0 saturated carbocycles. The summed E-state index contributed by atoms with van der Waals surface area (Å²) in [5.74, 6) is -1.24. The van der Waals surface area contributed by atoms with Crippen molar-refractivity contribution < 1.29 is 19.2 Å². The van der Waals surface area contributed by atoms with Gasteiger partial charge < -0.3 is 10.6 Å². The van der Waals surface area contributed by atoms with Crippen molar-refractivity contribution in [3.05, 3.63) is 47.4 Å². The Hall–Kier alpha value is -3.82. The minimum Gasteiger partial charge on any atom is -0.384 e. The molecule has 2 aliphatic rings. The Bertz CT molecular complexity index is 1090. The van der Waals surface area contributed by atoms with Gasteiger partial charge in [-0.15, -0.1) is 0 Å². The van der Waals surface area contributed by atoms with Crippen LogP contribution in [0.25, 0.3) is 0 Å². The molecule has 0 bridgehead atoms. The Kier molecular flexibility index (Phi) is 6.11. The third kappa shape index (κ3) is 4.29. The standard InChI is InChI=1S/C22H24N6O4/c1-13-11-17(26-12-25-13)24-10-3-2-9-23-15-6-4-5-14-19(15)22(32)28(21(14)31)16-7-8-18(29)27-20(16)30/h4-6,11-12,16,23H,2-3,7-10H2,1H3,(H,24,25,26)(H,27,29,30). The second-order valence-electron chi connectivity index (χ2n) is 7.78. The number of hydrogen-bond donors (Lipinski definition) is 3. The van der Waals surface area contributed by atoms with Crippen molar-refractivity contribution in [1.29, 1.82) is 0 Å². The fraction of sp³-hybridized carbons (Fsp3) is 0.364. The minimum atomic E-state index is -0.968. The van der Waals surface area contributed by atoms with Crippen molar-refractivity contribution in [1.82, 2.24) is 20.2 Å². The first-order valence-corrected chi connectivity index (χ1v) is 10.6. The SMILES string of the molecule is Cc1cc(NCCCCNc2cccc3c2C(=O)N(C2CCC(=O)NC2=O)C3=O)ncn1. The summed E-state index contributed by atoms with van der Waals surface area (Å²) in [6.45, 7) is 3.26. The Morgan fingerprint density at radius 3 is 2.59 bits per heavy atom. The molecule has 2 aromatic rings. The summed E-state index contributed by atoms with van der Waals surface area (Å²) in [6, 6.07) is 5.95. The van der Waals surface area contributed by atoms with Crippen LogP contribution in [-0.2, 0) is 9.59 Å². The molecule has 1 atom stereocenters. The summed E-state index contributed by atoms with van der Waals surface area (Å²) in [4.78, 5) is 58.7. The molecule has 3 heterocycles. The summed E-state index contributed by atoms with van der Waals surface area (Å²) < 4.78 is 0. The van der Waals surface area contributed by atoms with Crippen LogP contribution >= 0.6 is 0 Å². The maximum atomic E-state index is 13.1. The van der Waals surface area contributed by atoms with E-state index < -0.39 is 29.7 Å². The minimum absolute atomic E-state index is 0.0948. The maximum absolute atomic E-state index is 13.1. The Morgan fingerprint density at radius 2 is 1.84 bits per heavy atom. The first kappa shape index (κ1) is 21.4. The number of unbranched alkanes of at least 4 members (excludes halogenated alkanes) is 1. The number of amides is 4. The molecule has 1 fully saturated rings. The molecule has 32 heavy (non-hydrogen) atoms. The second kappa shape index (κ2) is 9.13. The Balaban J connectivity index is 1.34. The first-order chi connectivity index (χ1) is 15.5. The van der Waals surface area contributed by atoms with E-state index in [1.54, 1.807) is 18.2 Å². The molecule has 166 valence electrons. The van der Waals surface area contributed by atoms with Crippen molar-refractivity contribution >= 4 is 35.1 Å². The average molecular weight is 436 g/mol. The number of rotatable bonds is 8. The molecule has 0 spiro atoms. The second-order valence-corrected chi connectivity index (χ2v) is 7.78. The van der Waals surface area contributed by atoms with Gasteiger partial charge in [-0.1, -0.05) is 6.07 Å². The quantitative estimate of drug-likeness (QED) is 0.419. The number of carbonyl (C=O) groups is 4. The third-order valence-electron chi connectivity index (χ3n) is 5.50. The maximum Gasteiger partial charge on any atom is 0.264 e. The molecule has 1 unspecified atom stereocenters. The van der Waals surface area contributed by atoms with Crippen molar-refractivity contribution in [2.45, 2.75) is 38.6 Å². The number of fused-ring (bicyclic) bond motifs is 1. The summed E-state index contributed by atoms with van der Waals surface area (Å²) in [5, 5.41) is 8.68. The van der Waals surface area contributed by atoms with Gasteiger partial charge in [-0.25, -0.2) is 9.97 Å². The van der Waals surface area contributed by atoms with E-state index in [0.29, 0.717) is 12.2 Å². The lowest BCUT2D eigenvalue weighted by Gasteiger charge is -2.27. The van der Waals surface area contributed by atoms with Gasteiger partial charge in [0.1, 0.15) is 18.2 Å². The van der Waals surface area contributed by atoms with Crippen LogP contribution in [0.2, 0.25) is 0 Å². The predicted octanol–water partition coefficient (Wildman–Crippen LogP) is 1.49. The molecule has 3 N–H and O–H groups in total. The lowest BCUT2D eigenvalue weighted by molar-refractivity contribution is -0.136. The molecule has 0 radical (unpaired) electrons. The fourth-order valence-corrected chi connectivity index (χ4v) is 3.90. The van der Waals surface area contributed by atoms with E-state index in [4.69, 9.17) is 0 Å². The van der Waals surface area contributed by atoms with Crippen LogP contribution in [0, 0.1) is 6.92 Å². The lowest BCUT2D eigenvalue weighted by atomic mass is 10.0. The third-order valence-corrected chi connectivity index (χ3v) is 5.50. The fourth-order valence-electron chi connectivity index (χ4n) is 3.90. The van der Waals surface area contributed by atoms with Crippen LogP contribution < -0.4 is 16.0 Å². The summed E-state index contributed by atoms with van der Waals surface area (Å²) in [6.07, 6.45) is 3.46. The number of carbonyl (C=O) groups excluding carboxylic acids is 4. The number of hydrogen-bond acceptors (Lipinski definition) is 8. The normalized spacial score (nSPS) is 17.9. The monoisotopic (exact) mass is 436 g/mol. The number of aryl methyl sites for hydroxylation is 1. The van der Waals surface area contributed by atoms with Gasteiger partial charge in [0, 0.05) is 37.0 Å². The van der Waals surface area contributed by atoms with Crippen LogP contribution in [0.1, 0.15) is 52.1 Å². The van der Waals surface area contributed by atoms with Crippen molar-refractivity contribution in [3.63, 3.8) is 0 Å². The van der Waals surface area contributed by atoms with Crippen molar-refractivity contribution in [2.75, 3.05) is 23.7 Å². The number of benzene rings is 1. The van der Waals surface area contributed by atoms with Crippen LogP contribution in [0.5, 0.6) is 0 Å². The van der Waals surface area contributed by atoms with E-state index in [0.717, 1.165) is 35.8 Å². The molecule has 10 nitrogen and oxygen atoms in total. The van der Waals surface area contributed by atoms with Gasteiger partial charge in [0.05, 0.1) is 11.1 Å². The first-order valence-electron chi connectivity index (χ1n) is 10.6. The van der Waals surface area contributed by atoms with Gasteiger partial charge in [0.2, 0.25) is 11.8 Å². The number of imide groups is 2. The number of aromatic nitrogens is 2. The van der Waals surface area contributed by atoms with Gasteiger partial charge >= 0.3 is 0 Å². The highest BCUT2D eigenvalue weighted by Gasteiger charge is 2.45. The molecule has 4 rings (SSSR count). The van der Waals surface area contributed by atoms with E-state index in [1.165, 1.54) is 6.33 Å². The molecule has 0 aliphatic carbocycles. The van der Waals surface area contributed by atoms with Gasteiger partial charge in [-0.05, 0) is 38.3 Å². The smallest absolute Gasteiger partial charge is 0.264 e. The molecular formula is C22H24N6O4. The molecule has 4 amide bonds. The van der Waals surface area contributed by atoms with Gasteiger partial charge in [0.15, 0.2) is 0 Å². The van der Waals surface area contributed by atoms with Crippen molar-refractivity contribution in [2.24, 2.45) is 0 Å². The number of nitrogens with one attached hydrogen (secondary N) is 3. The van der Waals surface area contributed by atoms with E-state index in [9.17, 15) is 19.2 Å². The lowest BCUT2D eigenvalue weighted by Crippen LogP contribution is -2.54. The highest BCUT2D eigenvalue weighted by Crippen LogP contribution is 2.32. The summed E-state index contributed by atoms with van der Waals surface area (Å²) >= 11 is 0. The van der Waals surface area contributed by atoms with Gasteiger partial charge in [0.25, 0.3) is 11.8 Å². The molecule has 2 aliphatic heterocycles. The molecular weight excluding hydrogens is 412 g/mol. The molecule has 10 heteroatoms. The Morgan fingerprint density at radius 1 is 1.06 bits per heavy atom. The Labute approximate surface area is 184 Å². The van der Waals surface area contributed by atoms with E-state index in [1.807, 2.05) is 13.0 Å². The number of nitrogens with zero attached hydrogens (tertiary/aromatic N) is 3. The molecule has 1 aromatic heterocycles. The molecule has 1 saturated heterocycles. The van der Waals surface area contributed by atoms with Crippen LogP contribution in [0.4, 0.5) is 11.5 Å². The van der Waals surface area contributed by atoms with Crippen molar-refractivity contribution in [3.8, 4) is 0 Å².